The van der Waals surface area contributed by atoms with Crippen LogP contribution in [0.2, 0.25) is 0 Å². The van der Waals surface area contributed by atoms with E-state index in [0.29, 0.717) is 12.0 Å². The molecular formula is C26H40N4O. The average Bonchev–Trinajstić information content (AvgIpc) is 2.84. The van der Waals surface area contributed by atoms with Crippen molar-refractivity contribution < 1.29 is 4.79 Å². The Morgan fingerprint density at radius 3 is 2.61 bits per heavy atom. The number of rotatable bonds is 1. The molecule has 2 atom stereocenters. The number of nitrogens with zero attached hydrogens (tertiary/aromatic N) is 3. The molecule has 170 valence electrons. The van der Waals surface area contributed by atoms with Crippen LogP contribution in [0.5, 0.6) is 0 Å². The molecule has 1 aromatic rings. The lowest BCUT2D eigenvalue weighted by molar-refractivity contribution is 0.189. The lowest BCUT2D eigenvalue weighted by atomic mass is 9.93. The summed E-state index contributed by atoms with van der Waals surface area (Å²) >= 11 is 0. The van der Waals surface area contributed by atoms with E-state index in [-0.39, 0.29) is 6.03 Å². The fourth-order valence-electron chi connectivity index (χ4n) is 5.28. The van der Waals surface area contributed by atoms with Crippen LogP contribution < -0.4 is 5.32 Å². The van der Waals surface area contributed by atoms with Gasteiger partial charge in [0.25, 0.3) is 0 Å². The van der Waals surface area contributed by atoms with E-state index in [0.717, 1.165) is 51.4 Å². The van der Waals surface area contributed by atoms with Crippen molar-refractivity contribution in [3.05, 3.63) is 35.4 Å². The van der Waals surface area contributed by atoms with Crippen molar-refractivity contribution in [2.45, 2.75) is 89.6 Å². The molecule has 1 N–H and O–H groups in total. The van der Waals surface area contributed by atoms with Crippen LogP contribution in [0.15, 0.2) is 29.3 Å². The molecule has 4 rings (SSSR count). The minimum absolute atomic E-state index is 0.0392. The molecule has 1 saturated carbocycles. The third-order valence-electron chi connectivity index (χ3n) is 7.32. The van der Waals surface area contributed by atoms with Crippen LogP contribution in [-0.2, 0) is 6.54 Å². The van der Waals surface area contributed by atoms with Gasteiger partial charge in [-0.15, -0.1) is 0 Å². The Balaban J connectivity index is 1.53. The van der Waals surface area contributed by atoms with E-state index >= 15 is 0 Å². The molecule has 3 aliphatic rings. The van der Waals surface area contributed by atoms with Crippen molar-refractivity contribution in [3.63, 3.8) is 0 Å². The summed E-state index contributed by atoms with van der Waals surface area (Å²) in [5.74, 6) is 1.50. The highest BCUT2D eigenvalue weighted by atomic mass is 16.2. The standard InChI is InChI=1S/C26H40N4O/c1-21-9-4-3-7-15-30-18-17-29(20-22-10-8-11-23(21)19-22)16-14-25(28-26(30)31)27-24-12-5-2-6-13-24/h8,10-11,19,21,24H,2-7,9,12-18,20H2,1H3,(H,27,28,31). The molecule has 31 heavy (non-hydrogen) atoms. The first kappa shape index (κ1) is 22.3. The zero-order chi connectivity index (χ0) is 21.5. The molecule has 4 bridgehead atoms. The Kier molecular flexibility index (Phi) is 8.01. The lowest BCUT2D eigenvalue weighted by Crippen LogP contribution is -2.38. The fourth-order valence-corrected chi connectivity index (χ4v) is 5.28. The van der Waals surface area contributed by atoms with Crippen molar-refractivity contribution in [3.8, 4) is 0 Å². The van der Waals surface area contributed by atoms with Crippen LogP contribution in [0.4, 0.5) is 4.79 Å². The molecule has 5 heteroatoms. The van der Waals surface area contributed by atoms with Crippen LogP contribution in [0.1, 0.15) is 88.2 Å². The molecule has 2 heterocycles. The van der Waals surface area contributed by atoms with Crippen LogP contribution in [0.3, 0.4) is 0 Å². The number of amides is 2. The van der Waals surface area contributed by atoms with Gasteiger partial charge in [0.2, 0.25) is 0 Å². The number of carbonyl (C=O) groups is 1. The summed E-state index contributed by atoms with van der Waals surface area (Å²) in [5.41, 5.74) is 2.86. The number of hydrogen-bond acceptors (Lipinski definition) is 3. The van der Waals surface area contributed by atoms with E-state index in [4.69, 9.17) is 0 Å². The normalized spacial score (nSPS) is 28.6. The van der Waals surface area contributed by atoms with Crippen LogP contribution in [0.25, 0.3) is 0 Å². The third-order valence-corrected chi connectivity index (χ3v) is 7.32. The van der Waals surface area contributed by atoms with Crippen molar-refractivity contribution in [1.29, 1.82) is 0 Å². The second-order valence-electron chi connectivity index (χ2n) is 9.83. The Morgan fingerprint density at radius 1 is 0.935 bits per heavy atom. The molecule has 0 radical (unpaired) electrons. The Bertz CT molecular complexity index is 756. The second-order valence-corrected chi connectivity index (χ2v) is 9.83. The van der Waals surface area contributed by atoms with Gasteiger partial charge in [-0.2, -0.15) is 4.99 Å². The van der Waals surface area contributed by atoms with Gasteiger partial charge in [0.1, 0.15) is 5.84 Å². The Labute approximate surface area is 188 Å². The van der Waals surface area contributed by atoms with Gasteiger partial charge in [-0.1, -0.05) is 63.3 Å². The first-order valence-electron chi connectivity index (χ1n) is 12.6. The monoisotopic (exact) mass is 424 g/mol. The van der Waals surface area contributed by atoms with Crippen molar-refractivity contribution in [2.75, 3.05) is 26.2 Å². The highest BCUT2D eigenvalue weighted by Crippen LogP contribution is 2.24. The lowest BCUT2D eigenvalue weighted by Gasteiger charge is -2.27. The van der Waals surface area contributed by atoms with E-state index in [1.54, 1.807) is 0 Å². The molecule has 1 aliphatic carbocycles. The van der Waals surface area contributed by atoms with E-state index in [9.17, 15) is 4.79 Å². The molecule has 0 aromatic heterocycles. The Hall–Kier alpha value is -1.88. The van der Waals surface area contributed by atoms with E-state index < -0.39 is 0 Å². The van der Waals surface area contributed by atoms with Gasteiger partial charge in [0, 0.05) is 45.2 Å². The zero-order valence-corrected chi connectivity index (χ0v) is 19.3. The van der Waals surface area contributed by atoms with Crippen LogP contribution in [0, 0.1) is 0 Å². The van der Waals surface area contributed by atoms with Crippen molar-refractivity contribution in [1.82, 2.24) is 15.1 Å². The summed E-state index contributed by atoms with van der Waals surface area (Å²) in [4.78, 5) is 22.1. The molecule has 2 aliphatic heterocycles. The summed E-state index contributed by atoms with van der Waals surface area (Å²) in [6, 6.07) is 9.61. The zero-order valence-electron chi connectivity index (χ0n) is 19.3. The van der Waals surface area contributed by atoms with Crippen molar-refractivity contribution in [2.24, 2.45) is 4.99 Å². The Morgan fingerprint density at radius 2 is 1.74 bits per heavy atom. The summed E-state index contributed by atoms with van der Waals surface area (Å²) in [6.07, 6.45) is 11.8. The maximum Gasteiger partial charge on any atom is 0.345 e. The number of benzene rings is 1. The highest BCUT2D eigenvalue weighted by molar-refractivity contribution is 5.94. The van der Waals surface area contributed by atoms with Gasteiger partial charge in [-0.25, -0.2) is 4.79 Å². The fraction of sp³-hybridized carbons (Fsp3) is 0.692. The number of hydrogen-bond donors (Lipinski definition) is 1. The van der Waals surface area contributed by atoms with Gasteiger partial charge in [0.15, 0.2) is 0 Å². The third kappa shape index (κ3) is 6.55. The molecule has 5 nitrogen and oxygen atoms in total. The van der Waals surface area contributed by atoms with Crippen LogP contribution in [-0.4, -0.2) is 53.9 Å². The molecule has 1 aromatic carbocycles. The number of fused-ring (bicyclic) bond motifs is 5. The molecule has 0 spiro atoms. The predicted molar refractivity (Wildman–Crippen MR) is 128 cm³/mol. The van der Waals surface area contributed by atoms with Crippen molar-refractivity contribution >= 4 is 11.9 Å². The number of amidine groups is 1. The average molecular weight is 425 g/mol. The number of urea groups is 1. The SMILES string of the molecule is CC1CCCCCN2CCN(CC/C(NC3CCCCC3)=N\C2=O)Cc2cccc1c2. The predicted octanol–water partition coefficient (Wildman–Crippen LogP) is 5.31. The quantitative estimate of drug-likeness (QED) is 0.664. The van der Waals surface area contributed by atoms with Gasteiger partial charge >= 0.3 is 6.03 Å². The molecule has 2 unspecified atom stereocenters. The van der Waals surface area contributed by atoms with Crippen LogP contribution >= 0.6 is 0 Å². The second kappa shape index (κ2) is 11.1. The number of nitrogens with one attached hydrogen (secondary N) is 1. The first-order chi connectivity index (χ1) is 15.2. The van der Waals surface area contributed by atoms with E-state index in [1.807, 2.05) is 4.90 Å². The van der Waals surface area contributed by atoms with Gasteiger partial charge in [0.05, 0.1) is 0 Å². The van der Waals surface area contributed by atoms with Gasteiger partial charge in [-0.05, 0) is 42.7 Å². The minimum atomic E-state index is -0.0392. The smallest absolute Gasteiger partial charge is 0.345 e. The number of carbonyl (C=O) groups excluding carboxylic acids is 1. The first-order valence-corrected chi connectivity index (χ1v) is 12.6. The van der Waals surface area contributed by atoms with Gasteiger partial charge in [-0.3, -0.25) is 4.90 Å². The van der Waals surface area contributed by atoms with E-state index in [1.165, 1.54) is 62.5 Å². The summed E-state index contributed by atoms with van der Waals surface area (Å²) in [7, 11) is 0. The molecule has 2 amide bonds. The van der Waals surface area contributed by atoms with E-state index in [2.05, 4.69) is 46.4 Å². The number of aliphatic imine (C=N–C) groups is 1. The summed E-state index contributed by atoms with van der Waals surface area (Å²) < 4.78 is 0. The molecule has 0 saturated heterocycles. The highest BCUT2D eigenvalue weighted by Gasteiger charge is 2.22. The largest absolute Gasteiger partial charge is 0.371 e. The topological polar surface area (TPSA) is 47.9 Å². The minimum Gasteiger partial charge on any atom is -0.371 e. The summed E-state index contributed by atoms with van der Waals surface area (Å²) in [6.45, 7) is 6.75. The maximum absolute atomic E-state index is 13.0. The summed E-state index contributed by atoms with van der Waals surface area (Å²) in [5, 5.41) is 3.66. The maximum atomic E-state index is 13.0. The van der Waals surface area contributed by atoms with Gasteiger partial charge < -0.3 is 10.2 Å². The molecular weight excluding hydrogens is 384 g/mol. The molecule has 1 fully saturated rings.